The van der Waals surface area contributed by atoms with Crippen molar-refractivity contribution in [2.24, 2.45) is 0 Å². The topological polar surface area (TPSA) is 42.2 Å². The van der Waals surface area contributed by atoms with Gasteiger partial charge in [-0.15, -0.1) is 0 Å². The molecule has 0 radical (unpaired) electrons. The lowest BCUT2D eigenvalue weighted by atomic mass is 10.3. The van der Waals surface area contributed by atoms with Crippen LogP contribution in [0.1, 0.15) is 5.69 Å². The fraction of sp³-hybridized carbons (Fsp3) is 0.333. The van der Waals surface area contributed by atoms with Gasteiger partial charge in [0.15, 0.2) is 10.8 Å². The van der Waals surface area contributed by atoms with Gasteiger partial charge in [-0.3, -0.25) is 0 Å². The first-order valence-corrected chi connectivity index (χ1v) is 4.83. The Kier molecular flexibility index (Phi) is 2.65. The molecule has 0 saturated carbocycles. The number of nitrogens with zero attached hydrogens (tertiary/aromatic N) is 3. The number of rotatable bonds is 3. The number of likely N-dealkylation sites (N-methyl/N-ethyl adjacent to an activating group) is 1. The van der Waals surface area contributed by atoms with Gasteiger partial charge in [-0.05, 0) is 19.2 Å². The van der Waals surface area contributed by atoms with Crippen molar-refractivity contribution in [1.82, 2.24) is 19.9 Å². The van der Waals surface area contributed by atoms with Gasteiger partial charge in [0, 0.05) is 19.2 Å². The number of halogens is 1. The van der Waals surface area contributed by atoms with Crippen molar-refractivity contribution < 1.29 is 0 Å². The lowest BCUT2D eigenvalue weighted by molar-refractivity contribution is 0.779. The number of aromatic nitrogens is 3. The SMILES string of the molecule is CNCCc1nc2cccnn2c1Cl. The third kappa shape index (κ3) is 1.58. The zero-order valence-corrected chi connectivity index (χ0v) is 8.62. The number of hydrogen-bond donors (Lipinski definition) is 1. The molecule has 0 aliphatic heterocycles. The van der Waals surface area contributed by atoms with Crippen LogP contribution in [-0.4, -0.2) is 28.2 Å². The monoisotopic (exact) mass is 210 g/mol. The molecule has 4 nitrogen and oxygen atoms in total. The van der Waals surface area contributed by atoms with Gasteiger partial charge in [0.05, 0.1) is 5.69 Å². The fourth-order valence-electron chi connectivity index (χ4n) is 1.31. The van der Waals surface area contributed by atoms with E-state index in [1.165, 1.54) is 0 Å². The van der Waals surface area contributed by atoms with Crippen LogP contribution in [0.2, 0.25) is 5.15 Å². The molecule has 0 aliphatic rings. The standard InChI is InChI=1S/C9H11ClN4/c1-11-6-4-7-9(10)14-8(13-7)3-2-5-12-14/h2-3,5,11H,4,6H2,1H3. The molecule has 2 aromatic rings. The number of hydrogen-bond acceptors (Lipinski definition) is 3. The molecule has 0 saturated heterocycles. The Bertz CT molecular complexity index is 437. The lowest BCUT2D eigenvalue weighted by Gasteiger charge is -1.95. The Labute approximate surface area is 86.9 Å². The summed E-state index contributed by atoms with van der Waals surface area (Å²) in [5.41, 5.74) is 1.68. The predicted octanol–water partition coefficient (Wildman–Crippen LogP) is 1.14. The van der Waals surface area contributed by atoms with Crippen LogP contribution in [0.4, 0.5) is 0 Å². The average molecular weight is 211 g/mol. The molecule has 2 rings (SSSR count). The van der Waals surface area contributed by atoms with E-state index in [0.29, 0.717) is 5.15 Å². The second-order valence-corrected chi connectivity index (χ2v) is 3.35. The summed E-state index contributed by atoms with van der Waals surface area (Å²) in [6.45, 7) is 0.865. The Morgan fingerprint density at radius 3 is 3.14 bits per heavy atom. The smallest absolute Gasteiger partial charge is 0.155 e. The highest BCUT2D eigenvalue weighted by Gasteiger charge is 2.09. The zero-order valence-electron chi connectivity index (χ0n) is 7.87. The van der Waals surface area contributed by atoms with Crippen molar-refractivity contribution >= 4 is 17.2 Å². The summed E-state index contributed by atoms with van der Waals surface area (Å²) in [6, 6.07) is 3.74. The van der Waals surface area contributed by atoms with Gasteiger partial charge in [0.1, 0.15) is 0 Å². The van der Waals surface area contributed by atoms with E-state index < -0.39 is 0 Å². The van der Waals surface area contributed by atoms with Gasteiger partial charge in [-0.1, -0.05) is 11.6 Å². The maximum atomic E-state index is 6.10. The third-order valence-electron chi connectivity index (χ3n) is 2.02. The lowest BCUT2D eigenvalue weighted by Crippen LogP contribution is -2.10. The first kappa shape index (κ1) is 9.43. The summed E-state index contributed by atoms with van der Waals surface area (Å²) in [5.74, 6) is 0. The van der Waals surface area contributed by atoms with Gasteiger partial charge in [0.25, 0.3) is 0 Å². The minimum atomic E-state index is 0.607. The molecule has 1 N–H and O–H groups in total. The molecule has 0 amide bonds. The number of nitrogens with one attached hydrogen (secondary N) is 1. The highest BCUT2D eigenvalue weighted by atomic mass is 35.5. The summed E-state index contributed by atoms with van der Waals surface area (Å²) in [4.78, 5) is 4.38. The van der Waals surface area contributed by atoms with Crippen molar-refractivity contribution in [3.8, 4) is 0 Å². The van der Waals surface area contributed by atoms with E-state index >= 15 is 0 Å². The van der Waals surface area contributed by atoms with Gasteiger partial charge in [0.2, 0.25) is 0 Å². The maximum absolute atomic E-state index is 6.10. The Morgan fingerprint density at radius 1 is 1.57 bits per heavy atom. The number of fused-ring (bicyclic) bond motifs is 1. The molecule has 2 heterocycles. The third-order valence-corrected chi connectivity index (χ3v) is 2.39. The van der Waals surface area contributed by atoms with Crippen LogP contribution in [0, 0.1) is 0 Å². The summed E-state index contributed by atoms with van der Waals surface area (Å²) in [7, 11) is 1.90. The summed E-state index contributed by atoms with van der Waals surface area (Å²) < 4.78 is 1.65. The average Bonchev–Trinajstić information content (AvgIpc) is 2.54. The molecule has 0 fully saturated rings. The van der Waals surface area contributed by atoms with E-state index in [-0.39, 0.29) is 0 Å². The zero-order chi connectivity index (χ0) is 9.97. The molecule has 0 atom stereocenters. The molecule has 0 spiro atoms. The van der Waals surface area contributed by atoms with Crippen LogP contribution in [0.5, 0.6) is 0 Å². The second kappa shape index (κ2) is 3.94. The van der Waals surface area contributed by atoms with Crippen LogP contribution < -0.4 is 5.32 Å². The summed E-state index contributed by atoms with van der Waals surface area (Å²) in [6.07, 6.45) is 2.51. The van der Waals surface area contributed by atoms with Crippen molar-refractivity contribution in [3.63, 3.8) is 0 Å². The first-order chi connectivity index (χ1) is 6.83. The highest BCUT2D eigenvalue weighted by Crippen LogP contribution is 2.16. The minimum absolute atomic E-state index is 0.607. The van der Waals surface area contributed by atoms with Crippen molar-refractivity contribution in [3.05, 3.63) is 29.2 Å². The van der Waals surface area contributed by atoms with E-state index in [4.69, 9.17) is 11.6 Å². The van der Waals surface area contributed by atoms with E-state index in [1.54, 1.807) is 10.7 Å². The fourth-order valence-corrected chi connectivity index (χ4v) is 1.58. The quantitative estimate of drug-likeness (QED) is 0.827. The highest BCUT2D eigenvalue weighted by molar-refractivity contribution is 6.30. The van der Waals surface area contributed by atoms with Crippen LogP contribution in [0.25, 0.3) is 5.65 Å². The van der Waals surface area contributed by atoms with E-state index in [1.807, 2.05) is 19.2 Å². The molecule has 0 aliphatic carbocycles. The van der Waals surface area contributed by atoms with E-state index in [0.717, 1.165) is 24.3 Å². The molecule has 0 bridgehead atoms. The Hall–Kier alpha value is -1.13. The van der Waals surface area contributed by atoms with E-state index in [9.17, 15) is 0 Å². The normalized spacial score (nSPS) is 11.0. The molecular formula is C9H11ClN4. The molecule has 0 aromatic carbocycles. The van der Waals surface area contributed by atoms with Gasteiger partial charge >= 0.3 is 0 Å². The molecule has 0 unspecified atom stereocenters. The summed E-state index contributed by atoms with van der Waals surface area (Å²) in [5, 5.41) is 7.78. The van der Waals surface area contributed by atoms with Gasteiger partial charge in [-0.25, -0.2) is 9.50 Å². The minimum Gasteiger partial charge on any atom is -0.319 e. The summed E-state index contributed by atoms with van der Waals surface area (Å²) >= 11 is 6.10. The van der Waals surface area contributed by atoms with E-state index in [2.05, 4.69) is 15.4 Å². The molecule has 2 aromatic heterocycles. The largest absolute Gasteiger partial charge is 0.319 e. The molecule has 14 heavy (non-hydrogen) atoms. The number of imidazole rings is 1. The van der Waals surface area contributed by atoms with Gasteiger partial charge in [-0.2, -0.15) is 5.10 Å². The first-order valence-electron chi connectivity index (χ1n) is 4.45. The van der Waals surface area contributed by atoms with Gasteiger partial charge < -0.3 is 5.32 Å². The molecule has 74 valence electrons. The maximum Gasteiger partial charge on any atom is 0.155 e. The van der Waals surface area contributed by atoms with Crippen molar-refractivity contribution in [1.29, 1.82) is 0 Å². The van der Waals surface area contributed by atoms with Crippen LogP contribution in [-0.2, 0) is 6.42 Å². The Morgan fingerprint density at radius 2 is 2.43 bits per heavy atom. The van der Waals surface area contributed by atoms with Crippen LogP contribution in [0.15, 0.2) is 18.3 Å². The Balaban J connectivity index is 2.41. The molecular weight excluding hydrogens is 200 g/mol. The van der Waals surface area contributed by atoms with Crippen LogP contribution in [0.3, 0.4) is 0 Å². The second-order valence-electron chi connectivity index (χ2n) is 3.00. The molecule has 5 heteroatoms. The predicted molar refractivity (Wildman–Crippen MR) is 55.6 cm³/mol. The van der Waals surface area contributed by atoms with Crippen molar-refractivity contribution in [2.45, 2.75) is 6.42 Å². The van der Waals surface area contributed by atoms with Crippen LogP contribution >= 0.6 is 11.6 Å². The van der Waals surface area contributed by atoms with Crippen molar-refractivity contribution in [2.75, 3.05) is 13.6 Å².